The minimum Gasteiger partial charge on any atom is -0.367 e. The molecule has 1 heterocycles. The van der Waals surface area contributed by atoms with Crippen molar-refractivity contribution >= 4 is 5.69 Å². The summed E-state index contributed by atoms with van der Waals surface area (Å²) < 4.78 is 0. The van der Waals surface area contributed by atoms with Gasteiger partial charge in [-0.15, -0.1) is 0 Å². The molecule has 0 radical (unpaired) electrons. The van der Waals surface area contributed by atoms with E-state index in [1.54, 1.807) is 5.56 Å². The molecule has 2 aliphatic rings. The van der Waals surface area contributed by atoms with Gasteiger partial charge in [-0.05, 0) is 60.9 Å². The zero-order valence-corrected chi connectivity index (χ0v) is 16.3. The fourth-order valence-electron chi connectivity index (χ4n) is 4.90. The number of hydrogen-bond donors (Lipinski definition) is 0. The van der Waals surface area contributed by atoms with Crippen LogP contribution in [0.3, 0.4) is 0 Å². The second-order valence-corrected chi connectivity index (χ2v) is 7.89. The molecule has 1 nitrogen and oxygen atoms in total. The Bertz CT molecular complexity index is 889. The molecular weight excluding hydrogens is 326 g/mol. The lowest BCUT2D eigenvalue weighted by atomic mass is 9.78. The second kappa shape index (κ2) is 7.60. The molecule has 1 aliphatic carbocycles. The highest BCUT2D eigenvalue weighted by Gasteiger charge is 2.40. The predicted octanol–water partition coefficient (Wildman–Crippen LogP) is 6.14. The van der Waals surface area contributed by atoms with E-state index in [-0.39, 0.29) is 0 Å². The van der Waals surface area contributed by atoms with Crippen molar-refractivity contribution in [2.24, 2.45) is 0 Å². The Morgan fingerprint density at radius 3 is 2.63 bits per heavy atom. The van der Waals surface area contributed by atoms with Crippen LogP contribution in [0.5, 0.6) is 0 Å². The Morgan fingerprint density at radius 2 is 1.89 bits per heavy atom. The molecule has 0 N–H and O–H groups in total. The number of fused-ring (bicyclic) bond motifs is 4. The molecule has 4 rings (SSSR count). The summed E-state index contributed by atoms with van der Waals surface area (Å²) >= 11 is 0. The summed E-state index contributed by atoms with van der Waals surface area (Å²) in [5.41, 5.74) is 8.73. The van der Waals surface area contributed by atoms with Gasteiger partial charge in [-0.3, -0.25) is 0 Å². The molecule has 2 atom stereocenters. The topological polar surface area (TPSA) is 3.24 Å². The smallest absolute Gasteiger partial charge is 0.0405 e. The van der Waals surface area contributed by atoms with Crippen LogP contribution >= 0.6 is 0 Å². The molecule has 1 heteroatoms. The van der Waals surface area contributed by atoms with Crippen LogP contribution in [0.4, 0.5) is 5.69 Å². The van der Waals surface area contributed by atoms with Crippen LogP contribution in [0, 0.1) is 6.92 Å². The maximum atomic E-state index is 3.94. The molecule has 138 valence electrons. The van der Waals surface area contributed by atoms with E-state index < -0.39 is 0 Å². The maximum Gasteiger partial charge on any atom is 0.0405 e. The highest BCUT2D eigenvalue weighted by molar-refractivity contribution is 5.64. The predicted molar refractivity (Wildman–Crippen MR) is 117 cm³/mol. The lowest BCUT2D eigenvalue weighted by molar-refractivity contribution is 0.487. The van der Waals surface area contributed by atoms with E-state index in [1.807, 2.05) is 12.2 Å². The average Bonchev–Trinajstić information content (AvgIpc) is 2.98. The van der Waals surface area contributed by atoms with Gasteiger partial charge in [0.05, 0.1) is 0 Å². The SMILES string of the molecule is C=C/C=C(\C=C)CCCN1c2ccc(C)cc2C2Cc3ccccc3CC21. The minimum atomic E-state index is 0.590. The van der Waals surface area contributed by atoms with Crippen molar-refractivity contribution in [1.82, 2.24) is 0 Å². The van der Waals surface area contributed by atoms with Crippen LogP contribution in [0.25, 0.3) is 0 Å². The van der Waals surface area contributed by atoms with E-state index in [9.17, 15) is 0 Å². The molecule has 2 aromatic rings. The van der Waals surface area contributed by atoms with Crippen molar-refractivity contribution in [3.63, 3.8) is 0 Å². The first-order valence-corrected chi connectivity index (χ1v) is 10.1. The number of benzene rings is 2. The van der Waals surface area contributed by atoms with E-state index in [0.29, 0.717) is 12.0 Å². The van der Waals surface area contributed by atoms with Crippen molar-refractivity contribution < 1.29 is 0 Å². The quantitative estimate of drug-likeness (QED) is 0.562. The number of rotatable bonds is 6. The Morgan fingerprint density at radius 1 is 1.11 bits per heavy atom. The van der Waals surface area contributed by atoms with Crippen LogP contribution < -0.4 is 4.90 Å². The van der Waals surface area contributed by atoms with Gasteiger partial charge in [-0.1, -0.05) is 73.3 Å². The molecule has 0 saturated heterocycles. The van der Waals surface area contributed by atoms with Crippen LogP contribution in [-0.4, -0.2) is 12.6 Å². The summed E-state index contributed by atoms with van der Waals surface area (Å²) in [4.78, 5) is 2.68. The third-order valence-electron chi connectivity index (χ3n) is 6.20. The molecule has 2 aromatic carbocycles. The van der Waals surface area contributed by atoms with Gasteiger partial charge in [-0.25, -0.2) is 0 Å². The van der Waals surface area contributed by atoms with Crippen LogP contribution in [0.15, 0.2) is 79.4 Å². The number of aryl methyl sites for hydroxylation is 1. The zero-order chi connectivity index (χ0) is 18.8. The van der Waals surface area contributed by atoms with Crippen molar-refractivity contribution in [2.75, 3.05) is 11.4 Å². The summed E-state index contributed by atoms with van der Waals surface area (Å²) in [6, 6.07) is 16.6. The lowest BCUT2D eigenvalue weighted by Crippen LogP contribution is -2.39. The van der Waals surface area contributed by atoms with Gasteiger partial charge in [0, 0.05) is 24.2 Å². The molecule has 0 amide bonds. The van der Waals surface area contributed by atoms with Crippen LogP contribution in [0.1, 0.15) is 41.0 Å². The first kappa shape index (κ1) is 17.9. The molecule has 0 fully saturated rings. The summed E-state index contributed by atoms with van der Waals surface area (Å²) in [6.45, 7) is 11.1. The van der Waals surface area contributed by atoms with E-state index in [0.717, 1.165) is 25.8 Å². The van der Waals surface area contributed by atoms with Crippen molar-refractivity contribution in [3.05, 3.63) is 102 Å². The number of hydrogen-bond acceptors (Lipinski definition) is 1. The largest absolute Gasteiger partial charge is 0.367 e. The highest BCUT2D eigenvalue weighted by atomic mass is 15.2. The second-order valence-electron chi connectivity index (χ2n) is 7.89. The monoisotopic (exact) mass is 355 g/mol. The summed E-state index contributed by atoms with van der Waals surface area (Å²) in [5.74, 6) is 0.623. The first-order valence-electron chi connectivity index (χ1n) is 10.1. The van der Waals surface area contributed by atoms with Gasteiger partial charge >= 0.3 is 0 Å². The number of nitrogens with zero attached hydrogens (tertiary/aromatic N) is 1. The molecular formula is C26H29N. The normalized spacial score (nSPS) is 20.6. The van der Waals surface area contributed by atoms with Gasteiger partial charge in [0.25, 0.3) is 0 Å². The van der Waals surface area contributed by atoms with E-state index in [1.165, 1.54) is 34.4 Å². The van der Waals surface area contributed by atoms with Gasteiger partial charge in [-0.2, -0.15) is 0 Å². The third-order valence-corrected chi connectivity index (χ3v) is 6.20. The summed E-state index contributed by atoms with van der Waals surface area (Å²) in [5, 5.41) is 0. The van der Waals surface area contributed by atoms with Gasteiger partial charge in [0.15, 0.2) is 0 Å². The summed E-state index contributed by atoms with van der Waals surface area (Å²) in [7, 11) is 0. The van der Waals surface area contributed by atoms with Crippen molar-refractivity contribution in [3.8, 4) is 0 Å². The first-order chi connectivity index (χ1) is 13.2. The average molecular weight is 356 g/mol. The Kier molecular flexibility index (Phi) is 5.03. The zero-order valence-electron chi connectivity index (χ0n) is 16.3. The van der Waals surface area contributed by atoms with E-state index in [4.69, 9.17) is 0 Å². The van der Waals surface area contributed by atoms with Gasteiger partial charge < -0.3 is 4.90 Å². The minimum absolute atomic E-state index is 0.590. The fourth-order valence-corrected chi connectivity index (χ4v) is 4.90. The van der Waals surface area contributed by atoms with E-state index in [2.05, 4.69) is 73.5 Å². The Labute approximate surface area is 163 Å². The Balaban J connectivity index is 1.60. The molecule has 0 bridgehead atoms. The van der Waals surface area contributed by atoms with Gasteiger partial charge in [0.2, 0.25) is 0 Å². The van der Waals surface area contributed by atoms with Crippen LogP contribution in [-0.2, 0) is 12.8 Å². The van der Waals surface area contributed by atoms with Gasteiger partial charge in [0.1, 0.15) is 0 Å². The molecule has 0 spiro atoms. The molecule has 27 heavy (non-hydrogen) atoms. The summed E-state index contributed by atoms with van der Waals surface area (Å²) in [6.07, 6.45) is 10.4. The van der Waals surface area contributed by atoms with E-state index >= 15 is 0 Å². The molecule has 2 unspecified atom stereocenters. The fraction of sp³-hybridized carbons (Fsp3) is 0.308. The van der Waals surface area contributed by atoms with Crippen molar-refractivity contribution in [1.29, 1.82) is 0 Å². The standard InChI is InChI=1S/C26H29N/c1-4-9-20(5-2)10-8-15-27-25-14-13-19(3)16-23(25)24-17-21-11-6-7-12-22(21)18-26(24)27/h4-7,9,11-14,16,24,26H,1-2,8,10,15,17-18H2,3H3/b20-9+. The van der Waals surface area contributed by atoms with Crippen molar-refractivity contribution in [2.45, 2.75) is 44.6 Å². The molecule has 0 saturated carbocycles. The highest BCUT2D eigenvalue weighted by Crippen LogP contribution is 2.47. The number of anilines is 1. The number of allylic oxidation sites excluding steroid dienone is 4. The maximum absolute atomic E-state index is 3.94. The van der Waals surface area contributed by atoms with Crippen LogP contribution in [0.2, 0.25) is 0 Å². The lowest BCUT2D eigenvalue weighted by Gasteiger charge is -2.35. The third kappa shape index (κ3) is 3.39. The molecule has 1 aliphatic heterocycles. The molecule has 0 aromatic heterocycles. The Hall–Kier alpha value is -2.54.